The molecule has 2 aromatic carbocycles. The molecule has 0 radical (unpaired) electrons. The Morgan fingerprint density at radius 3 is 2.76 bits per heavy atom. The van der Waals surface area contributed by atoms with Crippen LogP contribution in [0.25, 0.3) is 10.8 Å². The van der Waals surface area contributed by atoms with E-state index in [0.29, 0.717) is 17.7 Å². The molecule has 0 saturated heterocycles. The van der Waals surface area contributed by atoms with Crippen molar-refractivity contribution in [3.8, 4) is 0 Å². The zero-order valence-electron chi connectivity index (χ0n) is 17.9. The van der Waals surface area contributed by atoms with Gasteiger partial charge < -0.3 is 5.32 Å². The quantitative estimate of drug-likeness (QED) is 0.456. The topological polar surface area (TPSA) is 72.0 Å². The van der Waals surface area contributed by atoms with Gasteiger partial charge in [-0.1, -0.05) is 30.3 Å². The van der Waals surface area contributed by atoms with Crippen molar-refractivity contribution in [3.63, 3.8) is 0 Å². The molecule has 2 atom stereocenters. The van der Waals surface area contributed by atoms with Crippen molar-refractivity contribution < 1.29 is 14.0 Å². The number of halogens is 1. The number of hydrogen-bond donors (Lipinski definition) is 1. The minimum Gasteiger partial charge on any atom is -0.346 e. The Morgan fingerprint density at radius 2 is 1.91 bits per heavy atom. The Hall–Kier alpha value is -3.93. The molecule has 1 N–H and O–H groups in total. The third-order valence-corrected chi connectivity index (χ3v) is 6.08. The maximum Gasteiger partial charge on any atom is 0.251 e. The van der Waals surface area contributed by atoms with E-state index in [-0.39, 0.29) is 30.1 Å². The van der Waals surface area contributed by atoms with Crippen molar-refractivity contribution in [1.82, 2.24) is 15.3 Å². The van der Waals surface area contributed by atoms with E-state index in [4.69, 9.17) is 0 Å². The molecule has 2 aromatic heterocycles. The summed E-state index contributed by atoms with van der Waals surface area (Å²) in [6.45, 7) is 0.218. The Bertz CT molecular complexity index is 1340. The van der Waals surface area contributed by atoms with E-state index < -0.39 is 5.82 Å². The molecule has 33 heavy (non-hydrogen) atoms. The van der Waals surface area contributed by atoms with Crippen LogP contribution in [0.1, 0.15) is 39.5 Å². The summed E-state index contributed by atoms with van der Waals surface area (Å²) in [4.78, 5) is 33.5. The van der Waals surface area contributed by atoms with Gasteiger partial charge in [-0.25, -0.2) is 4.39 Å². The van der Waals surface area contributed by atoms with Gasteiger partial charge in [0.05, 0.1) is 18.4 Å². The second-order valence-corrected chi connectivity index (χ2v) is 8.42. The van der Waals surface area contributed by atoms with Gasteiger partial charge in [0, 0.05) is 35.7 Å². The van der Waals surface area contributed by atoms with Crippen LogP contribution in [0.4, 0.5) is 4.39 Å². The van der Waals surface area contributed by atoms with Gasteiger partial charge >= 0.3 is 0 Å². The number of pyridine rings is 2. The van der Waals surface area contributed by atoms with Crippen LogP contribution in [0, 0.1) is 11.7 Å². The fourth-order valence-electron chi connectivity index (χ4n) is 4.19. The first kappa shape index (κ1) is 20.9. The summed E-state index contributed by atoms with van der Waals surface area (Å²) in [5.74, 6) is -0.277. The summed E-state index contributed by atoms with van der Waals surface area (Å²) in [5, 5.41) is 4.95. The molecule has 0 spiro atoms. The normalized spacial score (nSPS) is 17.0. The van der Waals surface area contributed by atoms with E-state index in [0.717, 1.165) is 34.5 Å². The molecule has 5 nitrogen and oxygen atoms in total. The summed E-state index contributed by atoms with van der Waals surface area (Å²) < 4.78 is 13.0. The van der Waals surface area contributed by atoms with Crippen LogP contribution in [0.15, 0.2) is 79.3 Å². The number of carbonyl (C=O) groups excluding carboxylic acids is 2. The van der Waals surface area contributed by atoms with Gasteiger partial charge in [0.2, 0.25) is 0 Å². The largest absolute Gasteiger partial charge is 0.346 e. The van der Waals surface area contributed by atoms with E-state index in [9.17, 15) is 14.0 Å². The first-order chi connectivity index (χ1) is 16.1. The highest BCUT2D eigenvalue weighted by Crippen LogP contribution is 2.48. The molecule has 1 aliphatic carbocycles. The molecular formula is C27H22FN3O2. The van der Waals surface area contributed by atoms with Crippen LogP contribution >= 0.6 is 0 Å². The molecule has 2 heterocycles. The number of hydrogen-bond acceptors (Lipinski definition) is 4. The van der Waals surface area contributed by atoms with Crippen LogP contribution in [0.2, 0.25) is 0 Å². The van der Waals surface area contributed by atoms with E-state index in [1.165, 1.54) is 6.07 Å². The third kappa shape index (κ3) is 4.80. The number of nitrogens with one attached hydrogen (secondary N) is 1. The van der Waals surface area contributed by atoms with Gasteiger partial charge in [0.25, 0.3) is 5.91 Å². The predicted molar refractivity (Wildman–Crippen MR) is 123 cm³/mol. The fraction of sp³-hybridized carbons (Fsp3) is 0.185. The molecule has 0 aliphatic heterocycles. The second kappa shape index (κ2) is 8.90. The standard InChI is InChI=1S/C27H22FN3O2/c28-22-6-7-23(30-15-22)16-31-27(33)20-3-1-2-19(12-20)24-13-25(24)26(32)11-17-4-5-21-14-29-9-8-18(21)10-17/h1-10,12,14-15,24-25H,11,13,16H2,(H,31,33)/t24-,25+/m0/s1. The monoisotopic (exact) mass is 439 g/mol. The summed E-state index contributed by atoms with van der Waals surface area (Å²) in [6.07, 6.45) is 5.91. The fourth-order valence-corrected chi connectivity index (χ4v) is 4.19. The molecule has 6 heteroatoms. The van der Waals surface area contributed by atoms with Crippen molar-refractivity contribution in [3.05, 3.63) is 107 Å². The highest BCUT2D eigenvalue weighted by molar-refractivity contribution is 5.94. The number of amides is 1. The first-order valence-electron chi connectivity index (χ1n) is 10.9. The van der Waals surface area contributed by atoms with Crippen LogP contribution in [0.3, 0.4) is 0 Å². The summed E-state index contributed by atoms with van der Waals surface area (Å²) >= 11 is 0. The lowest BCUT2D eigenvalue weighted by molar-refractivity contribution is -0.119. The summed E-state index contributed by atoms with van der Waals surface area (Å²) in [5.41, 5.74) is 3.13. The first-order valence-corrected chi connectivity index (χ1v) is 10.9. The lowest BCUT2D eigenvalue weighted by Gasteiger charge is -2.07. The van der Waals surface area contributed by atoms with Gasteiger partial charge in [-0.3, -0.25) is 19.6 Å². The maximum absolute atomic E-state index is 13.0. The molecule has 0 bridgehead atoms. The smallest absolute Gasteiger partial charge is 0.251 e. The number of benzene rings is 2. The molecule has 1 aliphatic rings. The Kier molecular flexibility index (Phi) is 5.65. The molecule has 1 fully saturated rings. The zero-order chi connectivity index (χ0) is 22.8. The van der Waals surface area contributed by atoms with Crippen LogP contribution in [0.5, 0.6) is 0 Å². The molecule has 4 aromatic rings. The number of nitrogens with zero attached hydrogens (tertiary/aromatic N) is 2. The second-order valence-electron chi connectivity index (χ2n) is 8.42. The van der Waals surface area contributed by atoms with Crippen LogP contribution in [-0.4, -0.2) is 21.7 Å². The Balaban J connectivity index is 1.20. The average Bonchev–Trinajstić information content (AvgIpc) is 3.65. The number of Topliss-reactive ketones (excluding diaryl/α,β-unsaturated/α-hetero) is 1. The van der Waals surface area contributed by atoms with Crippen LogP contribution in [-0.2, 0) is 17.8 Å². The summed E-state index contributed by atoms with van der Waals surface area (Å²) in [6, 6.07) is 18.3. The van der Waals surface area contributed by atoms with E-state index >= 15 is 0 Å². The van der Waals surface area contributed by atoms with E-state index in [1.807, 2.05) is 48.7 Å². The molecule has 1 amide bonds. The number of fused-ring (bicyclic) bond motifs is 1. The van der Waals surface area contributed by atoms with Crippen molar-refractivity contribution >= 4 is 22.5 Å². The van der Waals surface area contributed by atoms with Crippen molar-refractivity contribution in [2.45, 2.75) is 25.3 Å². The molecule has 1 saturated carbocycles. The van der Waals surface area contributed by atoms with Gasteiger partial charge in [-0.05, 0) is 59.2 Å². The number of carbonyl (C=O) groups is 2. The Morgan fingerprint density at radius 1 is 1.00 bits per heavy atom. The van der Waals surface area contributed by atoms with Crippen LogP contribution < -0.4 is 5.32 Å². The minimum atomic E-state index is -0.413. The number of ketones is 1. The highest BCUT2D eigenvalue weighted by atomic mass is 19.1. The lowest BCUT2D eigenvalue weighted by atomic mass is 10.00. The zero-order valence-corrected chi connectivity index (χ0v) is 17.9. The molecule has 0 unspecified atom stereocenters. The maximum atomic E-state index is 13.0. The minimum absolute atomic E-state index is 0.0140. The average molecular weight is 439 g/mol. The van der Waals surface area contributed by atoms with E-state index in [1.54, 1.807) is 18.3 Å². The lowest BCUT2D eigenvalue weighted by Crippen LogP contribution is -2.23. The van der Waals surface area contributed by atoms with Gasteiger partial charge in [0.15, 0.2) is 0 Å². The third-order valence-electron chi connectivity index (χ3n) is 6.08. The molecule has 5 rings (SSSR count). The Labute approximate surface area is 190 Å². The molecular weight excluding hydrogens is 417 g/mol. The number of rotatable bonds is 7. The van der Waals surface area contributed by atoms with Crippen molar-refractivity contribution in [2.24, 2.45) is 5.92 Å². The number of aromatic nitrogens is 2. The van der Waals surface area contributed by atoms with Crippen molar-refractivity contribution in [2.75, 3.05) is 0 Å². The van der Waals surface area contributed by atoms with Gasteiger partial charge in [0.1, 0.15) is 11.6 Å². The van der Waals surface area contributed by atoms with E-state index in [2.05, 4.69) is 15.3 Å². The SMILES string of the molecule is O=C(NCc1ccc(F)cn1)c1cccc([C@@H]2C[C@H]2C(=O)Cc2ccc3cnccc3c2)c1. The molecule has 164 valence electrons. The predicted octanol–water partition coefficient (Wildman–Crippen LogP) is 4.61. The summed E-state index contributed by atoms with van der Waals surface area (Å²) in [7, 11) is 0. The van der Waals surface area contributed by atoms with Crippen molar-refractivity contribution in [1.29, 1.82) is 0 Å². The van der Waals surface area contributed by atoms with Gasteiger partial charge in [-0.15, -0.1) is 0 Å². The highest BCUT2D eigenvalue weighted by Gasteiger charge is 2.43. The van der Waals surface area contributed by atoms with Gasteiger partial charge in [-0.2, -0.15) is 0 Å².